The average Bonchev–Trinajstić information content (AvgIpc) is 2.79. The number of nitrogens with zero attached hydrogens (tertiary/aromatic N) is 3. The minimum Gasteiger partial charge on any atom is -0.484 e. The third kappa shape index (κ3) is 4.47. The highest BCUT2D eigenvalue weighted by atomic mass is 32.2. The van der Waals surface area contributed by atoms with Crippen molar-refractivity contribution >= 4 is 26.8 Å². The van der Waals surface area contributed by atoms with Crippen molar-refractivity contribution < 1.29 is 17.9 Å². The monoisotopic (exact) mass is 453 g/mol. The fraction of sp³-hybridized carbons (Fsp3) is 0.333. The molecule has 1 fully saturated rings. The average molecular weight is 454 g/mol. The Morgan fingerprint density at radius 3 is 2.47 bits per heavy atom. The van der Waals surface area contributed by atoms with Crippen molar-refractivity contribution in [1.82, 2.24) is 14.2 Å². The molecule has 1 saturated heterocycles. The van der Waals surface area contributed by atoms with Crippen LogP contribution in [-0.4, -0.2) is 61.3 Å². The largest absolute Gasteiger partial charge is 0.484 e. The molecule has 8 heteroatoms. The molecule has 2 aromatic carbocycles. The normalized spacial score (nSPS) is 15.2. The van der Waals surface area contributed by atoms with Gasteiger partial charge < -0.3 is 9.64 Å². The fourth-order valence-electron chi connectivity index (χ4n) is 3.81. The number of ether oxygens (including phenoxy) is 1. The Kier molecular flexibility index (Phi) is 6.17. The van der Waals surface area contributed by atoms with Crippen molar-refractivity contribution in [3.63, 3.8) is 0 Å². The highest BCUT2D eigenvalue weighted by Gasteiger charge is 2.31. The molecule has 3 aromatic rings. The molecule has 1 amide bonds. The van der Waals surface area contributed by atoms with Crippen LogP contribution in [0.25, 0.3) is 10.9 Å². The van der Waals surface area contributed by atoms with E-state index in [0.717, 1.165) is 22.1 Å². The van der Waals surface area contributed by atoms with Gasteiger partial charge in [0, 0.05) is 37.8 Å². The topological polar surface area (TPSA) is 79.8 Å². The molecule has 0 N–H and O–H groups in total. The Morgan fingerprint density at radius 1 is 1.00 bits per heavy atom. The summed E-state index contributed by atoms with van der Waals surface area (Å²) in [6.45, 7) is 7.00. The Morgan fingerprint density at radius 2 is 1.75 bits per heavy atom. The van der Waals surface area contributed by atoms with E-state index in [4.69, 9.17) is 4.74 Å². The molecule has 2 heterocycles. The van der Waals surface area contributed by atoms with Gasteiger partial charge >= 0.3 is 0 Å². The molecule has 0 bridgehead atoms. The van der Waals surface area contributed by atoms with Gasteiger partial charge in [-0.25, -0.2) is 8.42 Å². The van der Waals surface area contributed by atoms with Gasteiger partial charge in [-0.3, -0.25) is 9.78 Å². The van der Waals surface area contributed by atoms with Crippen molar-refractivity contribution in [3.8, 4) is 5.75 Å². The maximum atomic E-state index is 13.3. The summed E-state index contributed by atoms with van der Waals surface area (Å²) in [5.41, 5.74) is 3.71. The predicted octanol–water partition coefficient (Wildman–Crippen LogP) is 3.07. The highest BCUT2D eigenvalue weighted by molar-refractivity contribution is 7.89. The lowest BCUT2D eigenvalue weighted by Gasteiger charge is -2.34. The van der Waals surface area contributed by atoms with Crippen LogP contribution >= 0.6 is 0 Å². The van der Waals surface area contributed by atoms with E-state index in [1.807, 2.05) is 51.1 Å². The lowest BCUT2D eigenvalue weighted by molar-refractivity contribution is -0.134. The minimum atomic E-state index is -3.71. The Labute approximate surface area is 188 Å². The van der Waals surface area contributed by atoms with Gasteiger partial charge in [-0.15, -0.1) is 0 Å². The maximum Gasteiger partial charge on any atom is 0.260 e. The Bertz CT molecular complexity index is 1270. The van der Waals surface area contributed by atoms with Crippen molar-refractivity contribution in [2.45, 2.75) is 25.7 Å². The lowest BCUT2D eigenvalue weighted by atomic mass is 10.1. The van der Waals surface area contributed by atoms with Gasteiger partial charge in [0.15, 0.2) is 6.61 Å². The van der Waals surface area contributed by atoms with Crippen LogP contribution in [0.3, 0.4) is 0 Å². The maximum absolute atomic E-state index is 13.3. The van der Waals surface area contributed by atoms with E-state index in [-0.39, 0.29) is 30.5 Å². The fourth-order valence-corrected chi connectivity index (χ4v) is 5.40. The van der Waals surface area contributed by atoms with Crippen molar-refractivity contribution in [2.75, 3.05) is 32.8 Å². The first-order chi connectivity index (χ1) is 15.3. The second-order valence-corrected chi connectivity index (χ2v) is 10.1. The summed E-state index contributed by atoms with van der Waals surface area (Å²) in [5, 5.41) is 0.795. The van der Waals surface area contributed by atoms with E-state index < -0.39 is 10.0 Å². The number of para-hydroxylation sites is 1. The predicted molar refractivity (Wildman–Crippen MR) is 123 cm³/mol. The van der Waals surface area contributed by atoms with Gasteiger partial charge in [0.25, 0.3) is 5.91 Å². The SMILES string of the molecule is Cc1cnc2c(S(=O)(=O)N3CCN(C(=O)COc4ccc(C)c(C)c4)CC3)cccc2c1. The number of hydrogen-bond acceptors (Lipinski definition) is 5. The van der Waals surface area contributed by atoms with E-state index in [1.54, 1.807) is 23.2 Å². The highest BCUT2D eigenvalue weighted by Crippen LogP contribution is 2.25. The minimum absolute atomic E-state index is 0.0676. The number of pyridine rings is 1. The molecule has 0 radical (unpaired) electrons. The Balaban J connectivity index is 1.41. The quantitative estimate of drug-likeness (QED) is 0.593. The van der Waals surface area contributed by atoms with Gasteiger partial charge in [-0.2, -0.15) is 4.31 Å². The molecular formula is C24H27N3O4S. The van der Waals surface area contributed by atoms with Crippen LogP contribution in [0.5, 0.6) is 5.75 Å². The molecular weight excluding hydrogens is 426 g/mol. The smallest absolute Gasteiger partial charge is 0.260 e. The van der Waals surface area contributed by atoms with Gasteiger partial charge in [0.05, 0.1) is 5.52 Å². The molecule has 0 spiro atoms. The number of rotatable bonds is 5. The molecule has 4 rings (SSSR count). The molecule has 1 aliphatic rings. The summed E-state index contributed by atoms with van der Waals surface area (Å²) < 4.78 is 33.7. The molecule has 0 saturated carbocycles. The number of sulfonamides is 1. The van der Waals surface area contributed by atoms with Gasteiger partial charge in [-0.1, -0.05) is 18.2 Å². The first-order valence-electron chi connectivity index (χ1n) is 10.6. The molecule has 0 atom stereocenters. The summed E-state index contributed by atoms with van der Waals surface area (Å²) in [7, 11) is -3.71. The van der Waals surface area contributed by atoms with Crippen LogP contribution in [-0.2, 0) is 14.8 Å². The van der Waals surface area contributed by atoms with E-state index in [1.165, 1.54) is 4.31 Å². The number of fused-ring (bicyclic) bond motifs is 1. The summed E-state index contributed by atoms with van der Waals surface area (Å²) in [5.74, 6) is 0.504. The number of carbonyl (C=O) groups is 1. The summed E-state index contributed by atoms with van der Waals surface area (Å²) in [6, 6.07) is 12.8. The van der Waals surface area contributed by atoms with Gasteiger partial charge in [-0.05, 0) is 61.7 Å². The van der Waals surface area contributed by atoms with Crippen molar-refractivity contribution in [1.29, 1.82) is 0 Å². The number of carbonyl (C=O) groups excluding carboxylic acids is 1. The zero-order valence-electron chi connectivity index (χ0n) is 18.5. The summed E-state index contributed by atoms with van der Waals surface area (Å²) >= 11 is 0. The number of aryl methyl sites for hydroxylation is 3. The lowest BCUT2D eigenvalue weighted by Crippen LogP contribution is -2.51. The molecule has 0 aliphatic carbocycles. The van der Waals surface area contributed by atoms with Crippen LogP contribution in [0.4, 0.5) is 0 Å². The van der Waals surface area contributed by atoms with Crippen molar-refractivity contribution in [3.05, 3.63) is 65.4 Å². The molecule has 32 heavy (non-hydrogen) atoms. The first kappa shape index (κ1) is 22.2. The molecule has 1 aliphatic heterocycles. The zero-order valence-corrected chi connectivity index (χ0v) is 19.4. The summed E-state index contributed by atoms with van der Waals surface area (Å²) in [6.07, 6.45) is 1.67. The second kappa shape index (κ2) is 8.88. The Hall–Kier alpha value is -2.97. The van der Waals surface area contributed by atoms with E-state index in [2.05, 4.69) is 4.98 Å². The van der Waals surface area contributed by atoms with Crippen LogP contribution in [0.15, 0.2) is 53.6 Å². The molecule has 1 aromatic heterocycles. The first-order valence-corrected chi connectivity index (χ1v) is 12.0. The molecule has 0 unspecified atom stereocenters. The number of aromatic nitrogens is 1. The number of amides is 1. The standard InChI is InChI=1S/C24H27N3O4S/c1-17-13-20-5-4-6-22(24(20)25-15-17)32(29,30)27-11-9-26(10-12-27)23(28)16-31-21-8-7-18(2)19(3)14-21/h4-8,13-15H,9-12,16H2,1-3H3. The number of hydrogen-bond donors (Lipinski definition) is 0. The summed E-state index contributed by atoms with van der Waals surface area (Å²) in [4.78, 5) is 18.8. The zero-order chi connectivity index (χ0) is 22.9. The van der Waals surface area contributed by atoms with E-state index in [9.17, 15) is 13.2 Å². The van der Waals surface area contributed by atoms with E-state index >= 15 is 0 Å². The van der Waals surface area contributed by atoms with Gasteiger partial charge in [0.2, 0.25) is 10.0 Å². The van der Waals surface area contributed by atoms with Crippen LogP contribution in [0.1, 0.15) is 16.7 Å². The van der Waals surface area contributed by atoms with Gasteiger partial charge in [0.1, 0.15) is 10.6 Å². The third-order valence-corrected chi connectivity index (χ3v) is 7.79. The van der Waals surface area contributed by atoms with E-state index in [0.29, 0.717) is 24.4 Å². The molecule has 7 nitrogen and oxygen atoms in total. The number of benzene rings is 2. The number of piperazine rings is 1. The van der Waals surface area contributed by atoms with Crippen LogP contribution < -0.4 is 4.74 Å². The van der Waals surface area contributed by atoms with Crippen molar-refractivity contribution in [2.24, 2.45) is 0 Å². The molecule has 168 valence electrons. The van der Waals surface area contributed by atoms with Crippen LogP contribution in [0.2, 0.25) is 0 Å². The van der Waals surface area contributed by atoms with Crippen LogP contribution in [0, 0.1) is 20.8 Å². The second-order valence-electron chi connectivity index (χ2n) is 8.16. The third-order valence-electron chi connectivity index (χ3n) is 5.86.